The molecule has 2 rings (SSSR count). The summed E-state index contributed by atoms with van der Waals surface area (Å²) < 4.78 is 27.5. The van der Waals surface area contributed by atoms with Gasteiger partial charge in [-0.3, -0.25) is 0 Å². The van der Waals surface area contributed by atoms with E-state index < -0.39 is 10.0 Å². The van der Waals surface area contributed by atoms with Crippen molar-refractivity contribution in [1.29, 1.82) is 5.26 Å². The lowest BCUT2D eigenvalue weighted by molar-refractivity contribution is 0.346. The van der Waals surface area contributed by atoms with Crippen molar-refractivity contribution in [2.24, 2.45) is 5.92 Å². The smallest absolute Gasteiger partial charge is 0.206 e. The van der Waals surface area contributed by atoms with Crippen molar-refractivity contribution in [3.8, 4) is 6.07 Å². The first-order chi connectivity index (χ1) is 8.53. The number of sulfonamides is 1. The minimum atomic E-state index is -3.55. The minimum Gasteiger partial charge on any atom is -0.206 e. The van der Waals surface area contributed by atoms with Crippen molar-refractivity contribution in [1.82, 2.24) is 4.72 Å². The van der Waals surface area contributed by atoms with E-state index in [0.29, 0.717) is 4.34 Å². The Balaban J connectivity index is 2.15. The first-order valence-electron chi connectivity index (χ1n) is 5.70. The van der Waals surface area contributed by atoms with E-state index in [9.17, 15) is 8.42 Å². The number of nitrogens with one attached hydrogen (secondary N) is 1. The second kappa shape index (κ2) is 5.57. The molecule has 2 atom stereocenters. The van der Waals surface area contributed by atoms with Gasteiger partial charge in [0.05, 0.1) is 16.3 Å². The van der Waals surface area contributed by atoms with Gasteiger partial charge in [0.2, 0.25) is 10.0 Å². The van der Waals surface area contributed by atoms with Gasteiger partial charge in [-0.05, 0) is 25.0 Å². The van der Waals surface area contributed by atoms with Crippen LogP contribution < -0.4 is 4.72 Å². The van der Waals surface area contributed by atoms with E-state index in [1.54, 1.807) is 6.07 Å². The Morgan fingerprint density at radius 1 is 1.39 bits per heavy atom. The van der Waals surface area contributed by atoms with Crippen molar-refractivity contribution in [3.63, 3.8) is 0 Å². The molecule has 0 spiro atoms. The molecule has 1 saturated carbocycles. The number of nitrogens with zero attached hydrogens (tertiary/aromatic N) is 1. The van der Waals surface area contributed by atoms with Gasteiger partial charge < -0.3 is 0 Å². The van der Waals surface area contributed by atoms with E-state index >= 15 is 0 Å². The Morgan fingerprint density at radius 3 is 2.72 bits per heavy atom. The molecule has 2 unspecified atom stereocenters. The molecule has 1 N–H and O–H groups in total. The fraction of sp³-hybridized carbons (Fsp3) is 0.545. The monoisotopic (exact) mass is 304 g/mol. The molecule has 4 nitrogen and oxygen atoms in total. The van der Waals surface area contributed by atoms with Gasteiger partial charge in [0.1, 0.15) is 4.21 Å². The fourth-order valence-electron chi connectivity index (χ4n) is 2.13. The van der Waals surface area contributed by atoms with Gasteiger partial charge in [0.25, 0.3) is 0 Å². The van der Waals surface area contributed by atoms with Gasteiger partial charge in [0, 0.05) is 6.04 Å². The van der Waals surface area contributed by atoms with Gasteiger partial charge in [-0.25, -0.2) is 13.1 Å². The van der Waals surface area contributed by atoms with Crippen LogP contribution in [0, 0.1) is 17.2 Å². The summed E-state index contributed by atoms with van der Waals surface area (Å²) in [6.07, 6.45) is 3.42. The molecule has 0 aromatic carbocycles. The highest BCUT2D eigenvalue weighted by atomic mass is 35.5. The molecule has 18 heavy (non-hydrogen) atoms. The first kappa shape index (κ1) is 13.8. The highest BCUT2D eigenvalue weighted by Gasteiger charge is 2.30. The van der Waals surface area contributed by atoms with Crippen molar-refractivity contribution in [2.45, 2.75) is 35.9 Å². The van der Waals surface area contributed by atoms with Crippen molar-refractivity contribution < 1.29 is 8.42 Å². The van der Waals surface area contributed by atoms with Crippen molar-refractivity contribution >= 4 is 33.0 Å². The highest BCUT2D eigenvalue weighted by molar-refractivity contribution is 7.91. The number of hydrogen-bond acceptors (Lipinski definition) is 4. The third kappa shape index (κ3) is 3.04. The molecule has 0 radical (unpaired) electrons. The summed E-state index contributed by atoms with van der Waals surface area (Å²) in [6.45, 7) is 0. The molecule has 0 amide bonds. The molecule has 1 aliphatic carbocycles. The zero-order valence-electron chi connectivity index (χ0n) is 9.60. The molecule has 7 heteroatoms. The van der Waals surface area contributed by atoms with Crippen LogP contribution in [0.2, 0.25) is 4.34 Å². The molecule has 1 fully saturated rings. The van der Waals surface area contributed by atoms with Gasteiger partial charge in [0.15, 0.2) is 0 Å². The molecule has 1 heterocycles. The van der Waals surface area contributed by atoms with Crippen LogP contribution in [0.1, 0.15) is 25.7 Å². The van der Waals surface area contributed by atoms with Crippen molar-refractivity contribution in [2.75, 3.05) is 0 Å². The molecule has 0 bridgehead atoms. The van der Waals surface area contributed by atoms with E-state index in [2.05, 4.69) is 10.8 Å². The third-order valence-corrected chi connectivity index (χ3v) is 6.26. The number of thiophene rings is 1. The fourth-order valence-corrected chi connectivity index (χ4v) is 4.94. The van der Waals surface area contributed by atoms with Crippen LogP contribution in [0.25, 0.3) is 0 Å². The van der Waals surface area contributed by atoms with E-state index in [0.717, 1.165) is 37.0 Å². The zero-order valence-corrected chi connectivity index (χ0v) is 12.0. The summed E-state index contributed by atoms with van der Waals surface area (Å²) in [5.41, 5.74) is 0. The summed E-state index contributed by atoms with van der Waals surface area (Å²) in [5.74, 6) is -0.232. The Morgan fingerprint density at radius 2 is 2.11 bits per heavy atom. The predicted octanol–water partition coefficient (Wildman–Crippen LogP) is 2.76. The van der Waals surface area contributed by atoms with E-state index in [1.807, 2.05) is 0 Å². The normalized spacial score (nSPS) is 24.7. The molecular weight excluding hydrogens is 292 g/mol. The van der Waals surface area contributed by atoms with Crippen LogP contribution in [0.3, 0.4) is 0 Å². The number of nitriles is 1. The number of rotatable bonds is 3. The lowest BCUT2D eigenvalue weighted by Crippen LogP contribution is -2.41. The van der Waals surface area contributed by atoms with E-state index in [-0.39, 0.29) is 16.2 Å². The molecule has 1 aliphatic rings. The second-order valence-electron chi connectivity index (χ2n) is 4.31. The molecule has 98 valence electrons. The maximum Gasteiger partial charge on any atom is 0.250 e. The van der Waals surface area contributed by atoms with E-state index in [4.69, 9.17) is 16.9 Å². The van der Waals surface area contributed by atoms with Gasteiger partial charge in [-0.2, -0.15) is 5.26 Å². The van der Waals surface area contributed by atoms with E-state index in [1.165, 1.54) is 6.07 Å². The van der Waals surface area contributed by atoms with Crippen LogP contribution in [0.15, 0.2) is 16.3 Å². The lowest BCUT2D eigenvalue weighted by atomic mass is 9.86. The first-order valence-corrected chi connectivity index (χ1v) is 8.38. The van der Waals surface area contributed by atoms with Crippen LogP contribution in [-0.4, -0.2) is 14.5 Å². The average Bonchev–Trinajstić information content (AvgIpc) is 2.77. The lowest BCUT2D eigenvalue weighted by Gasteiger charge is -2.26. The van der Waals surface area contributed by atoms with Gasteiger partial charge in [-0.1, -0.05) is 24.4 Å². The number of halogens is 1. The summed E-state index contributed by atoms with van der Waals surface area (Å²) >= 11 is 6.76. The maximum atomic E-state index is 12.1. The van der Waals surface area contributed by atoms with Gasteiger partial charge in [-0.15, -0.1) is 11.3 Å². The summed E-state index contributed by atoms with van der Waals surface area (Å²) in [4.78, 5) is 0. The quantitative estimate of drug-likeness (QED) is 0.933. The predicted molar refractivity (Wildman–Crippen MR) is 71.0 cm³/mol. The van der Waals surface area contributed by atoms with Crippen molar-refractivity contribution in [3.05, 3.63) is 16.5 Å². The second-order valence-corrected chi connectivity index (χ2v) is 7.96. The topological polar surface area (TPSA) is 70.0 Å². The van der Waals surface area contributed by atoms with Crippen LogP contribution in [0.5, 0.6) is 0 Å². The summed E-state index contributed by atoms with van der Waals surface area (Å²) in [5, 5.41) is 9.03. The zero-order chi connectivity index (χ0) is 13.2. The molecule has 0 saturated heterocycles. The van der Waals surface area contributed by atoms with Crippen LogP contribution in [0.4, 0.5) is 0 Å². The van der Waals surface area contributed by atoms with Crippen LogP contribution in [-0.2, 0) is 10.0 Å². The summed E-state index contributed by atoms with van der Waals surface area (Å²) in [7, 11) is -3.55. The Bertz CT molecular complexity index is 562. The largest absolute Gasteiger partial charge is 0.250 e. The van der Waals surface area contributed by atoms with Gasteiger partial charge >= 0.3 is 0 Å². The molecule has 0 aliphatic heterocycles. The standard InChI is InChI=1S/C11H13ClN2O2S2/c12-10-5-6-11(17-10)18(15,16)14-9-4-2-1-3-8(9)7-13/h5-6,8-9,14H,1-4H2. The molecule has 1 aromatic rings. The Hall–Kier alpha value is -0.610. The summed E-state index contributed by atoms with van der Waals surface area (Å²) in [6, 6.07) is 4.95. The Kier molecular flexibility index (Phi) is 4.28. The third-order valence-electron chi connectivity index (χ3n) is 3.05. The maximum absolute atomic E-state index is 12.1. The number of hydrogen-bond donors (Lipinski definition) is 1. The SMILES string of the molecule is N#CC1CCCCC1NS(=O)(=O)c1ccc(Cl)s1. The highest BCUT2D eigenvalue weighted by Crippen LogP contribution is 2.28. The average molecular weight is 305 g/mol. The molecule has 1 aromatic heterocycles. The minimum absolute atomic E-state index is 0.203. The van der Waals surface area contributed by atoms with Crippen LogP contribution >= 0.6 is 22.9 Å². The Labute approximate surface area is 116 Å². The molecular formula is C11H13ClN2O2S2.